The molecule has 2 heteroatoms. The Morgan fingerprint density at radius 3 is 2.45 bits per heavy atom. The molecule has 1 fully saturated rings. The van der Waals surface area contributed by atoms with Crippen LogP contribution in [-0.2, 0) is 9.59 Å². The van der Waals surface area contributed by atoms with Crippen LogP contribution in [0.5, 0.6) is 0 Å². The van der Waals surface area contributed by atoms with E-state index in [4.69, 9.17) is 0 Å². The standard InChI is InChI=1S/C18H20O2/c1-3-6-13(4-2)14-7-5-8-15(9-14)16-10-17(19)12-18(20)11-16/h3-9,16H,10-12H2,1-2H3/b6-3-,13-4+. The lowest BCUT2D eigenvalue weighted by Gasteiger charge is -2.21. The molecular formula is C18H20O2. The molecular weight excluding hydrogens is 248 g/mol. The quantitative estimate of drug-likeness (QED) is 0.611. The topological polar surface area (TPSA) is 34.1 Å². The number of hydrogen-bond donors (Lipinski definition) is 0. The molecule has 0 bridgehead atoms. The van der Waals surface area contributed by atoms with Crippen molar-refractivity contribution in [2.24, 2.45) is 0 Å². The van der Waals surface area contributed by atoms with E-state index in [0.717, 1.165) is 16.7 Å². The molecule has 0 radical (unpaired) electrons. The van der Waals surface area contributed by atoms with Crippen LogP contribution in [0.1, 0.15) is 50.2 Å². The normalized spacial score (nSPS) is 18.0. The van der Waals surface area contributed by atoms with Crippen molar-refractivity contribution in [2.75, 3.05) is 0 Å². The van der Waals surface area contributed by atoms with Crippen molar-refractivity contribution in [1.29, 1.82) is 0 Å². The minimum atomic E-state index is 0.0485. The van der Waals surface area contributed by atoms with Gasteiger partial charge >= 0.3 is 0 Å². The predicted molar refractivity (Wildman–Crippen MR) is 81.5 cm³/mol. The minimum Gasteiger partial charge on any atom is -0.299 e. The summed E-state index contributed by atoms with van der Waals surface area (Å²) < 4.78 is 0. The zero-order valence-corrected chi connectivity index (χ0v) is 12.1. The lowest BCUT2D eigenvalue weighted by molar-refractivity contribution is -0.130. The number of benzene rings is 1. The Kier molecular flexibility index (Phi) is 4.67. The molecule has 0 amide bonds. The molecule has 0 spiro atoms. The zero-order valence-electron chi connectivity index (χ0n) is 12.1. The molecule has 1 saturated carbocycles. The summed E-state index contributed by atoms with van der Waals surface area (Å²) in [5.41, 5.74) is 3.38. The molecule has 0 N–H and O–H groups in total. The number of ketones is 2. The lowest BCUT2D eigenvalue weighted by Crippen LogP contribution is -2.21. The van der Waals surface area contributed by atoms with E-state index in [2.05, 4.69) is 24.3 Å². The van der Waals surface area contributed by atoms with Crippen LogP contribution in [0.2, 0.25) is 0 Å². The highest BCUT2D eigenvalue weighted by atomic mass is 16.1. The summed E-state index contributed by atoms with van der Waals surface area (Å²) >= 11 is 0. The number of rotatable bonds is 3. The summed E-state index contributed by atoms with van der Waals surface area (Å²) in [4.78, 5) is 23.2. The monoisotopic (exact) mass is 268 g/mol. The second kappa shape index (κ2) is 6.47. The molecule has 1 aromatic carbocycles. The second-order valence-corrected chi connectivity index (χ2v) is 5.23. The maximum atomic E-state index is 11.6. The third kappa shape index (κ3) is 3.32. The van der Waals surface area contributed by atoms with Crippen LogP contribution in [0.25, 0.3) is 5.57 Å². The van der Waals surface area contributed by atoms with Gasteiger partial charge in [-0.05, 0) is 36.5 Å². The largest absolute Gasteiger partial charge is 0.299 e. The van der Waals surface area contributed by atoms with Crippen molar-refractivity contribution in [3.8, 4) is 0 Å². The maximum Gasteiger partial charge on any atom is 0.140 e. The van der Waals surface area contributed by atoms with Gasteiger partial charge in [0.15, 0.2) is 0 Å². The van der Waals surface area contributed by atoms with E-state index in [9.17, 15) is 9.59 Å². The Bertz CT molecular complexity index is 563. The highest BCUT2D eigenvalue weighted by Gasteiger charge is 2.26. The molecule has 0 heterocycles. The fourth-order valence-corrected chi connectivity index (χ4v) is 2.73. The lowest BCUT2D eigenvalue weighted by atomic mass is 9.82. The molecule has 1 aliphatic carbocycles. The van der Waals surface area contributed by atoms with Gasteiger partial charge in [0.05, 0.1) is 6.42 Å². The summed E-state index contributed by atoms with van der Waals surface area (Å²) in [7, 11) is 0. The van der Waals surface area contributed by atoms with Crippen LogP contribution in [-0.4, -0.2) is 11.6 Å². The van der Waals surface area contributed by atoms with Crippen LogP contribution >= 0.6 is 0 Å². The van der Waals surface area contributed by atoms with E-state index in [1.165, 1.54) is 0 Å². The molecule has 2 rings (SSSR count). The van der Waals surface area contributed by atoms with Crippen LogP contribution in [0, 0.1) is 0 Å². The Balaban J connectivity index is 2.30. The number of Topliss-reactive ketones (excluding diaryl/α,β-unsaturated/α-hetero) is 2. The van der Waals surface area contributed by atoms with E-state index in [1.54, 1.807) is 0 Å². The van der Waals surface area contributed by atoms with E-state index in [1.807, 2.05) is 32.1 Å². The number of hydrogen-bond acceptors (Lipinski definition) is 2. The van der Waals surface area contributed by atoms with Gasteiger partial charge in [0.1, 0.15) is 11.6 Å². The maximum absolute atomic E-state index is 11.6. The number of carbonyl (C=O) groups is 2. The Morgan fingerprint density at radius 1 is 1.15 bits per heavy atom. The van der Waals surface area contributed by atoms with E-state index < -0.39 is 0 Å². The van der Waals surface area contributed by atoms with Gasteiger partial charge in [-0.25, -0.2) is 0 Å². The molecule has 104 valence electrons. The van der Waals surface area contributed by atoms with Crippen LogP contribution in [0.4, 0.5) is 0 Å². The van der Waals surface area contributed by atoms with E-state index in [-0.39, 0.29) is 23.9 Å². The molecule has 20 heavy (non-hydrogen) atoms. The average molecular weight is 268 g/mol. The second-order valence-electron chi connectivity index (χ2n) is 5.23. The van der Waals surface area contributed by atoms with Gasteiger partial charge in [0.25, 0.3) is 0 Å². The van der Waals surface area contributed by atoms with Gasteiger partial charge in [-0.2, -0.15) is 0 Å². The molecule has 0 atom stereocenters. The SMILES string of the molecule is C/C=C\C(=C/C)c1cccc(C2CC(=O)CC(=O)C2)c1. The van der Waals surface area contributed by atoms with Crippen LogP contribution in [0.3, 0.4) is 0 Å². The van der Waals surface area contributed by atoms with Gasteiger partial charge in [0, 0.05) is 12.8 Å². The van der Waals surface area contributed by atoms with Crippen molar-refractivity contribution in [3.63, 3.8) is 0 Å². The van der Waals surface area contributed by atoms with Crippen LogP contribution in [0.15, 0.2) is 42.5 Å². The highest BCUT2D eigenvalue weighted by molar-refractivity contribution is 6.02. The first-order valence-electron chi connectivity index (χ1n) is 7.06. The fourth-order valence-electron chi connectivity index (χ4n) is 2.73. The van der Waals surface area contributed by atoms with Gasteiger partial charge in [0.2, 0.25) is 0 Å². The Labute approximate surface area is 120 Å². The Hall–Kier alpha value is -1.96. The summed E-state index contributed by atoms with van der Waals surface area (Å²) in [5.74, 6) is 0.181. The van der Waals surface area contributed by atoms with Gasteiger partial charge < -0.3 is 0 Å². The minimum absolute atomic E-state index is 0.0485. The third-order valence-corrected chi connectivity index (χ3v) is 3.69. The van der Waals surface area contributed by atoms with E-state index in [0.29, 0.717) is 12.8 Å². The smallest absolute Gasteiger partial charge is 0.140 e. The number of carbonyl (C=O) groups excluding carboxylic acids is 2. The van der Waals surface area contributed by atoms with Gasteiger partial charge in [-0.3, -0.25) is 9.59 Å². The summed E-state index contributed by atoms with van der Waals surface area (Å²) in [6.45, 7) is 4.00. The molecule has 0 aliphatic heterocycles. The summed E-state index contributed by atoms with van der Waals surface area (Å²) in [5, 5.41) is 0. The zero-order chi connectivity index (χ0) is 14.5. The van der Waals surface area contributed by atoms with Crippen molar-refractivity contribution in [3.05, 3.63) is 53.6 Å². The molecule has 0 unspecified atom stereocenters. The molecule has 2 nitrogen and oxygen atoms in total. The third-order valence-electron chi connectivity index (χ3n) is 3.69. The Morgan fingerprint density at radius 2 is 1.85 bits per heavy atom. The van der Waals surface area contributed by atoms with Gasteiger partial charge in [-0.1, -0.05) is 42.5 Å². The molecule has 1 aromatic rings. The first-order chi connectivity index (χ1) is 9.63. The fraction of sp³-hybridized carbons (Fsp3) is 0.333. The van der Waals surface area contributed by atoms with E-state index >= 15 is 0 Å². The summed E-state index contributed by atoms with van der Waals surface area (Å²) in [6.07, 6.45) is 7.24. The first kappa shape index (κ1) is 14.4. The first-order valence-corrected chi connectivity index (χ1v) is 7.06. The van der Waals surface area contributed by atoms with Crippen molar-refractivity contribution < 1.29 is 9.59 Å². The summed E-state index contributed by atoms with van der Waals surface area (Å²) in [6, 6.07) is 8.18. The molecule has 1 aliphatic rings. The molecule has 0 aromatic heterocycles. The molecule has 0 saturated heterocycles. The van der Waals surface area contributed by atoms with Gasteiger partial charge in [-0.15, -0.1) is 0 Å². The average Bonchev–Trinajstić information content (AvgIpc) is 2.44. The van der Waals surface area contributed by atoms with Crippen molar-refractivity contribution >= 4 is 17.1 Å². The van der Waals surface area contributed by atoms with Crippen molar-refractivity contribution in [1.82, 2.24) is 0 Å². The van der Waals surface area contributed by atoms with Crippen molar-refractivity contribution in [2.45, 2.75) is 39.0 Å². The van der Waals surface area contributed by atoms with Crippen LogP contribution < -0.4 is 0 Å². The predicted octanol–water partition coefficient (Wildman–Crippen LogP) is 4.07. The highest BCUT2D eigenvalue weighted by Crippen LogP contribution is 2.31. The number of allylic oxidation sites excluding steroid dienone is 4.